The standard InChI is InChI=1S/C18H17F2N5O2/c1-21-15(26)10-5-3-4-6-11(10)18(7-8-18)17-22-16(27-24-17)12-9-13(14(19)20)25(2)23-12/h3-6,9,14H,7-8H2,1-2H3,(H,21,26). The number of benzene rings is 1. The first-order valence-corrected chi connectivity index (χ1v) is 8.44. The minimum absolute atomic E-state index is 0.0798. The van der Waals surface area contributed by atoms with Gasteiger partial charge in [0.1, 0.15) is 5.69 Å². The quantitative estimate of drug-likeness (QED) is 0.743. The van der Waals surface area contributed by atoms with Crippen molar-refractivity contribution in [3.8, 4) is 11.6 Å². The fraction of sp³-hybridized carbons (Fsp3) is 0.333. The molecule has 1 amide bonds. The van der Waals surface area contributed by atoms with Gasteiger partial charge >= 0.3 is 0 Å². The van der Waals surface area contributed by atoms with Crippen LogP contribution in [-0.2, 0) is 12.5 Å². The van der Waals surface area contributed by atoms with Gasteiger partial charge < -0.3 is 9.84 Å². The van der Waals surface area contributed by atoms with Gasteiger partial charge in [0.05, 0.1) is 5.41 Å². The summed E-state index contributed by atoms with van der Waals surface area (Å²) in [5, 5.41) is 10.7. The van der Waals surface area contributed by atoms with Crippen LogP contribution in [0, 0.1) is 0 Å². The highest BCUT2D eigenvalue weighted by Gasteiger charge is 2.51. The Bertz CT molecular complexity index is 1010. The largest absolute Gasteiger partial charge is 0.355 e. The molecule has 1 N–H and O–H groups in total. The van der Waals surface area contributed by atoms with Crippen LogP contribution in [0.25, 0.3) is 11.6 Å². The molecule has 1 aromatic carbocycles. The maximum absolute atomic E-state index is 13.0. The normalized spacial score (nSPS) is 15.1. The van der Waals surface area contributed by atoms with Crippen LogP contribution < -0.4 is 5.32 Å². The first-order valence-electron chi connectivity index (χ1n) is 8.44. The number of carbonyl (C=O) groups is 1. The second-order valence-electron chi connectivity index (χ2n) is 6.51. The number of hydrogen-bond acceptors (Lipinski definition) is 5. The van der Waals surface area contributed by atoms with Crippen molar-refractivity contribution in [1.82, 2.24) is 25.2 Å². The Kier molecular flexibility index (Phi) is 4.01. The summed E-state index contributed by atoms with van der Waals surface area (Å²) in [5.41, 5.74) is 0.844. The number of carbonyl (C=O) groups excluding carboxylic acids is 1. The molecule has 4 rings (SSSR count). The number of aryl methyl sites for hydroxylation is 1. The van der Waals surface area contributed by atoms with Crippen molar-refractivity contribution in [2.45, 2.75) is 24.7 Å². The fourth-order valence-corrected chi connectivity index (χ4v) is 3.28. The predicted molar refractivity (Wildman–Crippen MR) is 91.3 cm³/mol. The smallest absolute Gasteiger partial charge is 0.280 e. The summed E-state index contributed by atoms with van der Waals surface area (Å²) in [4.78, 5) is 16.6. The highest BCUT2D eigenvalue weighted by molar-refractivity contribution is 5.96. The van der Waals surface area contributed by atoms with Gasteiger partial charge in [0, 0.05) is 19.7 Å². The van der Waals surface area contributed by atoms with E-state index in [9.17, 15) is 13.6 Å². The number of hydrogen-bond donors (Lipinski definition) is 1. The number of aromatic nitrogens is 4. The highest BCUT2D eigenvalue weighted by Crippen LogP contribution is 2.53. The average molecular weight is 373 g/mol. The molecule has 1 aliphatic rings. The topological polar surface area (TPSA) is 85.8 Å². The molecule has 0 unspecified atom stereocenters. The van der Waals surface area contributed by atoms with Crippen LogP contribution >= 0.6 is 0 Å². The molecule has 9 heteroatoms. The molecule has 27 heavy (non-hydrogen) atoms. The second-order valence-corrected chi connectivity index (χ2v) is 6.51. The van der Waals surface area contributed by atoms with Gasteiger partial charge in [-0.15, -0.1) is 0 Å². The van der Waals surface area contributed by atoms with Crippen molar-refractivity contribution in [3.63, 3.8) is 0 Å². The number of halogens is 2. The summed E-state index contributed by atoms with van der Waals surface area (Å²) in [6.07, 6.45) is -1.11. The highest BCUT2D eigenvalue weighted by atomic mass is 19.3. The Hall–Kier alpha value is -3.10. The lowest BCUT2D eigenvalue weighted by molar-refractivity contribution is 0.0961. The van der Waals surface area contributed by atoms with E-state index in [1.54, 1.807) is 19.2 Å². The van der Waals surface area contributed by atoms with Crippen molar-refractivity contribution in [1.29, 1.82) is 0 Å². The first-order chi connectivity index (χ1) is 13.0. The monoisotopic (exact) mass is 373 g/mol. The summed E-state index contributed by atoms with van der Waals surface area (Å²) >= 11 is 0. The summed E-state index contributed by atoms with van der Waals surface area (Å²) in [6.45, 7) is 0. The molecule has 1 fully saturated rings. The lowest BCUT2D eigenvalue weighted by Crippen LogP contribution is -2.23. The van der Waals surface area contributed by atoms with Gasteiger partial charge in [-0.3, -0.25) is 9.48 Å². The van der Waals surface area contributed by atoms with E-state index >= 15 is 0 Å². The number of alkyl halides is 2. The molecule has 2 heterocycles. The Balaban J connectivity index is 1.72. The lowest BCUT2D eigenvalue weighted by atomic mass is 9.90. The molecule has 3 aromatic rings. The summed E-state index contributed by atoms with van der Waals surface area (Å²) in [7, 11) is 3.01. The Morgan fingerprint density at radius 2 is 2.07 bits per heavy atom. The van der Waals surface area contributed by atoms with Crippen LogP contribution in [0.15, 0.2) is 34.9 Å². The van der Waals surface area contributed by atoms with E-state index in [1.807, 2.05) is 12.1 Å². The molecule has 0 bridgehead atoms. The molecule has 0 spiro atoms. The summed E-state index contributed by atoms with van der Waals surface area (Å²) in [6, 6.07) is 8.52. The molecule has 1 saturated carbocycles. The van der Waals surface area contributed by atoms with Gasteiger partial charge in [0.25, 0.3) is 18.2 Å². The van der Waals surface area contributed by atoms with Crippen LogP contribution in [0.1, 0.15) is 46.7 Å². The third-order valence-electron chi connectivity index (χ3n) is 4.88. The van der Waals surface area contributed by atoms with Crippen LogP contribution in [-0.4, -0.2) is 32.9 Å². The van der Waals surface area contributed by atoms with E-state index in [2.05, 4.69) is 20.6 Å². The SMILES string of the molecule is CNC(=O)c1ccccc1C1(c2noc(-c3cc(C(F)F)n(C)n3)n2)CC1. The molecule has 0 radical (unpaired) electrons. The van der Waals surface area contributed by atoms with Crippen LogP contribution in [0.5, 0.6) is 0 Å². The minimum atomic E-state index is -2.65. The minimum Gasteiger partial charge on any atom is -0.355 e. The Morgan fingerprint density at radius 3 is 2.70 bits per heavy atom. The molecule has 2 aromatic heterocycles. The zero-order chi connectivity index (χ0) is 19.2. The number of nitrogens with one attached hydrogen (secondary N) is 1. The maximum atomic E-state index is 13.0. The van der Waals surface area contributed by atoms with Gasteiger partial charge in [0.2, 0.25) is 0 Å². The van der Waals surface area contributed by atoms with Crippen molar-refractivity contribution < 1.29 is 18.1 Å². The second kappa shape index (κ2) is 6.26. The maximum Gasteiger partial charge on any atom is 0.280 e. The number of rotatable bonds is 5. The molecule has 0 atom stereocenters. The summed E-state index contributed by atoms with van der Waals surface area (Å²) < 4.78 is 32.3. The van der Waals surface area contributed by atoms with Crippen molar-refractivity contribution in [2.24, 2.45) is 7.05 Å². The van der Waals surface area contributed by atoms with Crippen molar-refractivity contribution in [3.05, 3.63) is 53.0 Å². The van der Waals surface area contributed by atoms with E-state index in [1.165, 1.54) is 13.1 Å². The van der Waals surface area contributed by atoms with E-state index in [0.29, 0.717) is 11.4 Å². The number of nitrogens with zero attached hydrogens (tertiary/aromatic N) is 4. The molecule has 0 aliphatic heterocycles. The molecule has 1 aliphatic carbocycles. The van der Waals surface area contributed by atoms with E-state index < -0.39 is 11.8 Å². The lowest BCUT2D eigenvalue weighted by Gasteiger charge is -2.15. The fourth-order valence-electron chi connectivity index (χ4n) is 3.28. The molecule has 140 valence electrons. The number of amides is 1. The first kappa shape index (κ1) is 17.3. The van der Waals surface area contributed by atoms with E-state index in [4.69, 9.17) is 4.52 Å². The molecule has 0 saturated heterocycles. The third kappa shape index (κ3) is 2.79. The summed E-state index contributed by atoms with van der Waals surface area (Å²) in [5.74, 6) is 0.321. The van der Waals surface area contributed by atoms with Crippen LogP contribution in [0.2, 0.25) is 0 Å². The van der Waals surface area contributed by atoms with Gasteiger partial charge in [-0.1, -0.05) is 23.4 Å². The van der Waals surface area contributed by atoms with E-state index in [-0.39, 0.29) is 23.2 Å². The molecule has 7 nitrogen and oxygen atoms in total. The Morgan fingerprint density at radius 1 is 1.33 bits per heavy atom. The van der Waals surface area contributed by atoms with Crippen molar-refractivity contribution in [2.75, 3.05) is 7.05 Å². The van der Waals surface area contributed by atoms with Crippen LogP contribution in [0.4, 0.5) is 8.78 Å². The van der Waals surface area contributed by atoms with Crippen LogP contribution in [0.3, 0.4) is 0 Å². The van der Waals surface area contributed by atoms with Gasteiger partial charge in [-0.25, -0.2) is 8.78 Å². The molecular weight excluding hydrogens is 356 g/mol. The molecular formula is C18H17F2N5O2. The predicted octanol–water partition coefficient (Wildman–Crippen LogP) is 2.85. The zero-order valence-corrected chi connectivity index (χ0v) is 14.7. The third-order valence-corrected chi connectivity index (χ3v) is 4.88. The Labute approximate surface area is 153 Å². The van der Waals surface area contributed by atoms with Gasteiger partial charge in [-0.2, -0.15) is 10.1 Å². The van der Waals surface area contributed by atoms with Gasteiger partial charge in [0.15, 0.2) is 11.5 Å². The van der Waals surface area contributed by atoms with Crippen molar-refractivity contribution >= 4 is 5.91 Å². The average Bonchev–Trinajstić information content (AvgIpc) is 3.14. The van der Waals surface area contributed by atoms with E-state index in [0.717, 1.165) is 23.1 Å². The van der Waals surface area contributed by atoms with Gasteiger partial charge in [-0.05, 0) is 30.5 Å². The zero-order valence-electron chi connectivity index (χ0n) is 14.7.